The van der Waals surface area contributed by atoms with E-state index in [0.29, 0.717) is 17.9 Å². The average Bonchev–Trinajstić information content (AvgIpc) is 2.97. The van der Waals surface area contributed by atoms with Gasteiger partial charge in [0.1, 0.15) is 5.66 Å². The van der Waals surface area contributed by atoms with Gasteiger partial charge < -0.3 is 10.2 Å². The van der Waals surface area contributed by atoms with Crippen molar-refractivity contribution in [1.29, 1.82) is 0 Å². The second-order valence-corrected chi connectivity index (χ2v) is 9.45. The molecule has 27 heavy (non-hydrogen) atoms. The summed E-state index contributed by atoms with van der Waals surface area (Å²) in [6.07, 6.45) is 11.7. The molecule has 0 amide bonds. The fourth-order valence-electron chi connectivity index (χ4n) is 6.66. The van der Waals surface area contributed by atoms with Gasteiger partial charge in [0.25, 0.3) is 0 Å². The molecule has 3 nitrogen and oxygen atoms in total. The summed E-state index contributed by atoms with van der Waals surface area (Å²) in [5.74, 6) is 1.09. The van der Waals surface area contributed by atoms with Crippen LogP contribution in [-0.2, 0) is 0 Å². The molecule has 4 heterocycles. The van der Waals surface area contributed by atoms with Gasteiger partial charge in [0.15, 0.2) is 0 Å². The van der Waals surface area contributed by atoms with Crippen molar-refractivity contribution >= 4 is 23.0 Å². The number of benzene rings is 1. The summed E-state index contributed by atoms with van der Waals surface area (Å²) in [5, 5.41) is 4.91. The van der Waals surface area contributed by atoms with Gasteiger partial charge in [-0.3, -0.25) is 4.90 Å². The lowest BCUT2D eigenvalue weighted by molar-refractivity contribution is 0.0487. The second-order valence-electron chi connectivity index (χ2n) is 8.99. The van der Waals surface area contributed by atoms with Gasteiger partial charge in [0.05, 0.1) is 17.1 Å². The molecule has 5 aliphatic rings. The van der Waals surface area contributed by atoms with E-state index in [9.17, 15) is 0 Å². The molecule has 2 fully saturated rings. The Morgan fingerprint density at radius 1 is 1.19 bits per heavy atom. The summed E-state index contributed by atoms with van der Waals surface area (Å²) in [4.78, 5) is 5.18. The lowest BCUT2D eigenvalue weighted by Gasteiger charge is -2.54. The van der Waals surface area contributed by atoms with E-state index in [4.69, 9.17) is 11.6 Å². The maximum atomic E-state index is 6.86. The van der Waals surface area contributed by atoms with Crippen LogP contribution in [0.4, 0.5) is 11.4 Å². The molecule has 1 N–H and O–H groups in total. The summed E-state index contributed by atoms with van der Waals surface area (Å²) < 4.78 is 0. The topological polar surface area (TPSA) is 18.5 Å². The van der Waals surface area contributed by atoms with Crippen molar-refractivity contribution in [1.82, 2.24) is 4.90 Å². The zero-order valence-corrected chi connectivity index (χ0v) is 16.7. The van der Waals surface area contributed by atoms with Gasteiger partial charge in [-0.1, -0.05) is 35.9 Å². The van der Waals surface area contributed by atoms with Crippen LogP contribution in [0.1, 0.15) is 32.6 Å². The van der Waals surface area contributed by atoms with Crippen LogP contribution in [0.5, 0.6) is 0 Å². The number of allylic oxidation sites excluding steroid dienone is 5. The number of rotatable bonds is 0. The average molecular weight is 380 g/mol. The molecular formula is C23H26ClN3. The second kappa shape index (κ2) is 5.42. The number of piperidine rings is 1. The first-order chi connectivity index (χ1) is 13.1. The van der Waals surface area contributed by atoms with Crippen molar-refractivity contribution in [3.63, 3.8) is 0 Å². The van der Waals surface area contributed by atoms with Gasteiger partial charge in [-0.05, 0) is 62.9 Å². The largest absolute Gasteiger partial charge is 0.361 e. The van der Waals surface area contributed by atoms with Gasteiger partial charge in [-0.25, -0.2) is 0 Å². The number of hydrogen-bond acceptors (Lipinski definition) is 3. The van der Waals surface area contributed by atoms with E-state index in [2.05, 4.69) is 71.6 Å². The maximum Gasteiger partial charge on any atom is 0.117 e. The molecule has 6 rings (SSSR count). The summed E-state index contributed by atoms with van der Waals surface area (Å²) in [7, 11) is 2.34. The van der Waals surface area contributed by atoms with Gasteiger partial charge in [-0.15, -0.1) is 0 Å². The number of anilines is 2. The molecule has 4 bridgehead atoms. The first-order valence-electron chi connectivity index (χ1n) is 10.2. The van der Waals surface area contributed by atoms with Crippen LogP contribution in [0.25, 0.3) is 0 Å². The summed E-state index contributed by atoms with van der Waals surface area (Å²) in [6.45, 7) is 2.41. The molecule has 4 aliphatic heterocycles. The van der Waals surface area contributed by atoms with Crippen LogP contribution >= 0.6 is 11.6 Å². The number of nitrogens with one attached hydrogen (secondary N) is 1. The van der Waals surface area contributed by atoms with Gasteiger partial charge in [0, 0.05) is 29.5 Å². The smallest absolute Gasteiger partial charge is 0.117 e. The molecule has 1 aliphatic carbocycles. The standard InChI is InChI=1S/C23H26ClN3/c1-23-22-16(13-15-9-12-21(22)26(15)2)14-7-10-17(24)19(11-8-14)27(23)20-6-4-3-5-18(20)25-23/h3-8,11,15-16,21-22,25H,9-10,12-13H2,1-2H3/t15?,16-,21?,22+,23?/m1/s1. The van der Waals surface area contributed by atoms with Crippen molar-refractivity contribution in [2.45, 2.75) is 50.4 Å². The van der Waals surface area contributed by atoms with Crippen molar-refractivity contribution in [2.75, 3.05) is 17.3 Å². The lowest BCUT2D eigenvalue weighted by Crippen LogP contribution is -2.63. The minimum absolute atomic E-state index is 0.174. The van der Waals surface area contributed by atoms with Crippen LogP contribution < -0.4 is 10.2 Å². The molecule has 1 aromatic rings. The van der Waals surface area contributed by atoms with E-state index in [1.54, 1.807) is 0 Å². The monoisotopic (exact) mass is 379 g/mol. The summed E-state index contributed by atoms with van der Waals surface area (Å²) in [5.41, 5.74) is 4.96. The van der Waals surface area contributed by atoms with E-state index in [1.807, 2.05) is 0 Å². The first-order valence-corrected chi connectivity index (χ1v) is 10.6. The SMILES string of the molecule is CN1C2CCC1[C@@H]1[C@H](C2)C2=CCC(Cl)=C(C=C2)N2c3ccccc3NC12C. The predicted octanol–water partition coefficient (Wildman–Crippen LogP) is 5.08. The van der Waals surface area contributed by atoms with E-state index >= 15 is 0 Å². The van der Waals surface area contributed by atoms with Crippen molar-refractivity contribution in [3.8, 4) is 0 Å². The lowest BCUT2D eigenvalue weighted by atomic mass is 9.68. The van der Waals surface area contributed by atoms with E-state index in [1.165, 1.54) is 36.2 Å². The molecule has 4 heteroatoms. The molecule has 0 spiro atoms. The Kier molecular flexibility index (Phi) is 3.27. The third-order valence-electron chi connectivity index (χ3n) is 7.81. The van der Waals surface area contributed by atoms with Crippen molar-refractivity contribution in [3.05, 3.63) is 58.8 Å². The van der Waals surface area contributed by atoms with Crippen LogP contribution in [0, 0.1) is 11.8 Å². The van der Waals surface area contributed by atoms with Gasteiger partial charge in [0.2, 0.25) is 0 Å². The van der Waals surface area contributed by atoms with Gasteiger partial charge >= 0.3 is 0 Å². The van der Waals surface area contributed by atoms with Crippen LogP contribution in [0.2, 0.25) is 0 Å². The molecular weight excluding hydrogens is 354 g/mol. The molecule has 5 atom stereocenters. The zero-order valence-electron chi connectivity index (χ0n) is 16.0. The quantitative estimate of drug-likeness (QED) is 0.677. The molecule has 0 radical (unpaired) electrons. The van der Waals surface area contributed by atoms with E-state index in [-0.39, 0.29) is 5.66 Å². The number of para-hydroxylation sites is 2. The minimum atomic E-state index is -0.174. The highest BCUT2D eigenvalue weighted by Crippen LogP contribution is 2.57. The number of nitrogens with zero attached hydrogens (tertiary/aromatic N) is 2. The number of halogens is 1. The maximum absolute atomic E-state index is 6.86. The Balaban J connectivity index is 1.62. The Hall–Kier alpha value is -1.71. The highest BCUT2D eigenvalue weighted by molar-refractivity contribution is 6.30. The molecule has 2 saturated heterocycles. The Morgan fingerprint density at radius 2 is 2.04 bits per heavy atom. The third kappa shape index (κ3) is 2.02. The number of fused-ring (bicyclic) bond motifs is 12. The summed E-state index contributed by atoms with van der Waals surface area (Å²) in [6, 6.07) is 10.0. The Labute approximate surface area is 166 Å². The first kappa shape index (κ1) is 16.3. The molecule has 140 valence electrons. The normalized spacial score (nSPS) is 39.2. The highest BCUT2D eigenvalue weighted by atomic mass is 35.5. The Morgan fingerprint density at radius 3 is 2.93 bits per heavy atom. The summed E-state index contributed by atoms with van der Waals surface area (Å²) >= 11 is 6.86. The van der Waals surface area contributed by atoms with Crippen molar-refractivity contribution in [2.24, 2.45) is 11.8 Å². The number of hydrogen-bond donors (Lipinski definition) is 1. The highest BCUT2D eigenvalue weighted by Gasteiger charge is 2.58. The predicted molar refractivity (Wildman–Crippen MR) is 112 cm³/mol. The minimum Gasteiger partial charge on any atom is -0.361 e. The van der Waals surface area contributed by atoms with Gasteiger partial charge in [-0.2, -0.15) is 0 Å². The zero-order chi connectivity index (χ0) is 18.3. The molecule has 1 aromatic carbocycles. The fraction of sp³-hybridized carbons (Fsp3) is 0.478. The third-order valence-corrected chi connectivity index (χ3v) is 8.16. The Bertz CT molecular complexity index is 916. The van der Waals surface area contributed by atoms with Crippen LogP contribution in [0.15, 0.2) is 58.8 Å². The van der Waals surface area contributed by atoms with Crippen molar-refractivity contribution < 1.29 is 0 Å². The molecule has 0 saturated carbocycles. The van der Waals surface area contributed by atoms with Crippen LogP contribution in [0.3, 0.4) is 0 Å². The van der Waals surface area contributed by atoms with Crippen LogP contribution in [-0.4, -0.2) is 29.7 Å². The van der Waals surface area contributed by atoms with E-state index in [0.717, 1.165) is 23.2 Å². The van der Waals surface area contributed by atoms with E-state index < -0.39 is 0 Å². The fourth-order valence-corrected chi connectivity index (χ4v) is 6.88. The molecule has 0 aromatic heterocycles. The molecule has 3 unspecified atom stereocenters.